The zero-order chi connectivity index (χ0) is 12.0. The number of nitro benzene ring substituents is 1. The summed E-state index contributed by atoms with van der Waals surface area (Å²) in [6, 6.07) is 5.02. The Labute approximate surface area is 94.8 Å². The molecule has 0 amide bonds. The lowest BCUT2D eigenvalue weighted by Gasteiger charge is -2.07. The summed E-state index contributed by atoms with van der Waals surface area (Å²) < 4.78 is 0. The Bertz CT molecular complexity index is 444. The van der Waals surface area contributed by atoms with Crippen molar-refractivity contribution in [2.24, 2.45) is 0 Å². The second-order valence-corrected chi connectivity index (χ2v) is 3.31. The third kappa shape index (κ3) is 2.99. The monoisotopic (exact) mass is 218 g/mol. The highest BCUT2D eigenvalue weighted by atomic mass is 16.6. The number of anilines is 1. The summed E-state index contributed by atoms with van der Waals surface area (Å²) in [4.78, 5) is 10.3. The number of hydrogen-bond donors (Lipinski definition) is 1. The van der Waals surface area contributed by atoms with Crippen LogP contribution in [-0.4, -0.2) is 11.5 Å². The number of nitrogens with one attached hydrogen (secondary N) is 1. The smallest absolute Gasteiger partial charge is 0.274 e. The molecule has 0 fully saturated rings. The fourth-order valence-corrected chi connectivity index (χ4v) is 1.40. The Balaban J connectivity index is 2.76. The second kappa shape index (κ2) is 5.76. The van der Waals surface area contributed by atoms with Gasteiger partial charge >= 0.3 is 0 Å². The van der Waals surface area contributed by atoms with Crippen molar-refractivity contribution in [3.63, 3.8) is 0 Å². The molecule has 0 saturated carbocycles. The van der Waals surface area contributed by atoms with Crippen molar-refractivity contribution in [1.82, 2.24) is 0 Å². The Morgan fingerprint density at radius 1 is 1.50 bits per heavy atom. The number of nitro groups is 1. The Morgan fingerprint density at radius 3 is 2.88 bits per heavy atom. The fourth-order valence-electron chi connectivity index (χ4n) is 1.40. The largest absolute Gasteiger partial charge is 0.384 e. The highest BCUT2D eigenvalue weighted by molar-refractivity contribution is 5.59. The predicted molar refractivity (Wildman–Crippen MR) is 64.4 cm³/mol. The van der Waals surface area contributed by atoms with E-state index < -0.39 is 0 Å². The van der Waals surface area contributed by atoms with E-state index in [9.17, 15) is 10.1 Å². The summed E-state index contributed by atoms with van der Waals surface area (Å²) >= 11 is 0. The van der Waals surface area contributed by atoms with Gasteiger partial charge in [-0.25, -0.2) is 0 Å². The summed E-state index contributed by atoms with van der Waals surface area (Å²) in [6.45, 7) is 4.23. The summed E-state index contributed by atoms with van der Waals surface area (Å²) in [6.07, 6.45) is 0.735. The van der Waals surface area contributed by atoms with Crippen LogP contribution >= 0.6 is 0 Å². The molecular weight excluding hydrogens is 204 g/mol. The summed E-state index contributed by atoms with van der Waals surface area (Å²) in [5.41, 5.74) is 1.61. The summed E-state index contributed by atoms with van der Waals surface area (Å²) in [7, 11) is 0. The van der Waals surface area contributed by atoms with Crippen LogP contribution in [0.3, 0.4) is 0 Å². The molecule has 0 heterocycles. The average molecular weight is 218 g/mol. The summed E-state index contributed by atoms with van der Waals surface area (Å²) in [5.74, 6) is 5.73. The fraction of sp³-hybridized carbons (Fsp3) is 0.333. The first-order valence-electron chi connectivity index (χ1n) is 5.04. The van der Waals surface area contributed by atoms with Gasteiger partial charge in [-0.2, -0.15) is 0 Å². The van der Waals surface area contributed by atoms with Crippen LogP contribution in [0, 0.1) is 28.9 Å². The zero-order valence-corrected chi connectivity index (χ0v) is 9.41. The van der Waals surface area contributed by atoms with Gasteiger partial charge < -0.3 is 5.32 Å². The highest BCUT2D eigenvalue weighted by Crippen LogP contribution is 2.24. The number of benzene rings is 1. The molecule has 0 bridgehead atoms. The Hall–Kier alpha value is -2.02. The molecule has 16 heavy (non-hydrogen) atoms. The molecule has 0 aromatic heterocycles. The first-order chi connectivity index (χ1) is 7.66. The van der Waals surface area contributed by atoms with Gasteiger partial charge in [-0.05, 0) is 19.9 Å². The van der Waals surface area contributed by atoms with Gasteiger partial charge in [0.2, 0.25) is 0 Å². The van der Waals surface area contributed by atoms with E-state index in [0.717, 1.165) is 12.1 Å². The van der Waals surface area contributed by atoms with Crippen LogP contribution < -0.4 is 5.32 Å². The maximum atomic E-state index is 10.7. The van der Waals surface area contributed by atoms with Crippen LogP contribution in [0.5, 0.6) is 0 Å². The molecule has 0 unspecified atom stereocenters. The minimum Gasteiger partial charge on any atom is -0.384 e. The first kappa shape index (κ1) is 12.1. The lowest BCUT2D eigenvalue weighted by molar-refractivity contribution is -0.385. The molecule has 0 aliphatic carbocycles. The Morgan fingerprint density at radius 2 is 2.25 bits per heavy atom. The minimum absolute atomic E-state index is 0.145. The maximum absolute atomic E-state index is 10.7. The Kier molecular flexibility index (Phi) is 4.34. The number of rotatable bonds is 4. The van der Waals surface area contributed by atoms with Gasteiger partial charge in [0.05, 0.1) is 4.92 Å². The molecule has 0 radical (unpaired) electrons. The molecule has 1 aromatic carbocycles. The van der Waals surface area contributed by atoms with Crippen LogP contribution in [0.15, 0.2) is 18.2 Å². The van der Waals surface area contributed by atoms with E-state index in [0.29, 0.717) is 12.1 Å². The molecular formula is C12H14N2O2. The predicted octanol–water partition coefficient (Wildman–Crippen LogP) is 2.73. The molecule has 4 heteroatoms. The topological polar surface area (TPSA) is 55.2 Å². The van der Waals surface area contributed by atoms with Crippen LogP contribution in [0.4, 0.5) is 11.4 Å². The molecule has 84 valence electrons. The van der Waals surface area contributed by atoms with E-state index >= 15 is 0 Å². The van der Waals surface area contributed by atoms with Crippen LogP contribution in [0.2, 0.25) is 0 Å². The molecule has 1 rings (SSSR count). The molecule has 0 saturated heterocycles. The minimum atomic E-state index is -0.369. The van der Waals surface area contributed by atoms with E-state index in [-0.39, 0.29) is 10.6 Å². The van der Waals surface area contributed by atoms with Gasteiger partial charge in [-0.15, -0.1) is 11.8 Å². The maximum Gasteiger partial charge on any atom is 0.274 e. The average Bonchev–Trinajstić information content (AvgIpc) is 2.26. The normalized spacial score (nSPS) is 9.12. The van der Waals surface area contributed by atoms with Crippen molar-refractivity contribution >= 4 is 11.4 Å². The van der Waals surface area contributed by atoms with Gasteiger partial charge in [0.15, 0.2) is 0 Å². The third-order valence-electron chi connectivity index (χ3n) is 2.24. The number of nitrogens with zero attached hydrogens (tertiary/aromatic N) is 1. The van der Waals surface area contributed by atoms with Crippen LogP contribution in [-0.2, 0) is 0 Å². The van der Waals surface area contributed by atoms with Gasteiger partial charge in [0, 0.05) is 30.3 Å². The zero-order valence-electron chi connectivity index (χ0n) is 9.41. The van der Waals surface area contributed by atoms with Crippen molar-refractivity contribution in [1.29, 1.82) is 0 Å². The van der Waals surface area contributed by atoms with Gasteiger partial charge in [0.25, 0.3) is 5.69 Å². The highest BCUT2D eigenvalue weighted by Gasteiger charge is 2.12. The second-order valence-electron chi connectivity index (χ2n) is 3.31. The van der Waals surface area contributed by atoms with E-state index in [1.807, 2.05) is 6.07 Å². The van der Waals surface area contributed by atoms with Gasteiger partial charge in [0.1, 0.15) is 0 Å². The van der Waals surface area contributed by atoms with Crippen molar-refractivity contribution in [3.8, 4) is 11.8 Å². The summed E-state index contributed by atoms with van der Waals surface area (Å²) in [5, 5.41) is 13.8. The first-order valence-corrected chi connectivity index (χ1v) is 5.04. The lowest BCUT2D eigenvalue weighted by Crippen LogP contribution is -2.03. The quantitative estimate of drug-likeness (QED) is 0.366. The number of hydrogen-bond acceptors (Lipinski definition) is 3. The molecule has 0 atom stereocenters. The lowest BCUT2D eigenvalue weighted by atomic mass is 10.1. The van der Waals surface area contributed by atoms with Gasteiger partial charge in [-0.3, -0.25) is 10.1 Å². The van der Waals surface area contributed by atoms with Crippen molar-refractivity contribution in [2.45, 2.75) is 20.3 Å². The molecule has 4 nitrogen and oxygen atoms in total. The van der Waals surface area contributed by atoms with Gasteiger partial charge in [-0.1, -0.05) is 6.07 Å². The van der Waals surface area contributed by atoms with E-state index in [4.69, 9.17) is 0 Å². The van der Waals surface area contributed by atoms with Crippen LogP contribution in [0.25, 0.3) is 0 Å². The molecule has 1 aromatic rings. The molecule has 0 aliphatic heterocycles. The molecule has 1 N–H and O–H groups in total. The van der Waals surface area contributed by atoms with Crippen molar-refractivity contribution < 1.29 is 4.92 Å². The standard InChI is InChI=1S/C12H14N2O2/c1-3-4-5-9-13-11-7-6-8-12(10(11)2)14(15)16/h6-8,13H,5,9H2,1-2H3. The molecule has 0 spiro atoms. The van der Waals surface area contributed by atoms with Crippen molar-refractivity contribution in [2.75, 3.05) is 11.9 Å². The third-order valence-corrected chi connectivity index (χ3v) is 2.24. The SMILES string of the molecule is CC#CCCNc1cccc([N+](=O)[O-])c1C. The van der Waals surface area contributed by atoms with E-state index in [1.54, 1.807) is 19.9 Å². The van der Waals surface area contributed by atoms with E-state index in [1.165, 1.54) is 6.07 Å². The van der Waals surface area contributed by atoms with Crippen molar-refractivity contribution in [3.05, 3.63) is 33.9 Å². The van der Waals surface area contributed by atoms with E-state index in [2.05, 4.69) is 17.2 Å². The molecule has 0 aliphatic rings. The van der Waals surface area contributed by atoms with Crippen LogP contribution in [0.1, 0.15) is 18.9 Å².